The molecule has 0 aliphatic carbocycles. The van der Waals surface area contributed by atoms with Gasteiger partial charge >= 0.3 is 6.03 Å². The van der Waals surface area contributed by atoms with E-state index in [2.05, 4.69) is 5.32 Å². The number of methoxy groups -OCH3 is 1. The van der Waals surface area contributed by atoms with Gasteiger partial charge in [0, 0.05) is 18.3 Å². The number of nitrogens with one attached hydrogen (secondary N) is 2. The second-order valence-electron chi connectivity index (χ2n) is 4.11. The van der Waals surface area contributed by atoms with Crippen LogP contribution >= 0.6 is 0 Å². The SMILES string of the molecule is CCCN(CC(=N)N)C(=O)Nc1cccc(OC)c1. The molecule has 0 radical (unpaired) electrons. The third-order valence-electron chi connectivity index (χ3n) is 2.46. The lowest BCUT2D eigenvalue weighted by Crippen LogP contribution is -2.41. The summed E-state index contributed by atoms with van der Waals surface area (Å²) in [5, 5.41) is 10.0. The number of nitrogens with two attached hydrogens (primary N) is 1. The average molecular weight is 264 g/mol. The first-order valence-electron chi connectivity index (χ1n) is 6.09. The first-order chi connectivity index (χ1) is 9.06. The van der Waals surface area contributed by atoms with E-state index in [1.54, 1.807) is 31.4 Å². The smallest absolute Gasteiger partial charge is 0.322 e. The molecule has 6 nitrogen and oxygen atoms in total. The van der Waals surface area contributed by atoms with E-state index in [1.165, 1.54) is 4.90 Å². The van der Waals surface area contributed by atoms with Gasteiger partial charge in [0.25, 0.3) is 0 Å². The van der Waals surface area contributed by atoms with Crippen LogP contribution in [0.15, 0.2) is 24.3 Å². The molecule has 0 fully saturated rings. The molecule has 2 amide bonds. The second kappa shape index (κ2) is 7.25. The largest absolute Gasteiger partial charge is 0.497 e. The van der Waals surface area contributed by atoms with Crippen LogP contribution < -0.4 is 15.8 Å². The number of carbonyl (C=O) groups excluding carboxylic acids is 1. The summed E-state index contributed by atoms with van der Waals surface area (Å²) in [5.41, 5.74) is 5.99. The van der Waals surface area contributed by atoms with Gasteiger partial charge in [0.1, 0.15) is 11.6 Å². The Morgan fingerprint density at radius 2 is 2.26 bits per heavy atom. The van der Waals surface area contributed by atoms with Gasteiger partial charge in [-0.1, -0.05) is 13.0 Å². The van der Waals surface area contributed by atoms with Crippen molar-refractivity contribution >= 4 is 17.6 Å². The van der Waals surface area contributed by atoms with Crippen LogP contribution in [0.5, 0.6) is 5.75 Å². The highest BCUT2D eigenvalue weighted by Gasteiger charge is 2.13. The summed E-state index contributed by atoms with van der Waals surface area (Å²) < 4.78 is 5.09. The van der Waals surface area contributed by atoms with E-state index in [4.69, 9.17) is 15.9 Å². The van der Waals surface area contributed by atoms with Gasteiger partial charge in [-0.05, 0) is 18.6 Å². The van der Waals surface area contributed by atoms with Gasteiger partial charge in [0.05, 0.1) is 13.7 Å². The average Bonchev–Trinajstić information content (AvgIpc) is 2.38. The molecule has 0 aliphatic rings. The Labute approximate surface area is 113 Å². The van der Waals surface area contributed by atoms with Crippen molar-refractivity contribution in [1.82, 2.24) is 4.90 Å². The van der Waals surface area contributed by atoms with Crippen molar-refractivity contribution in [2.24, 2.45) is 5.73 Å². The van der Waals surface area contributed by atoms with Crippen molar-refractivity contribution in [2.45, 2.75) is 13.3 Å². The lowest BCUT2D eigenvalue weighted by Gasteiger charge is -2.21. The number of hydrogen-bond acceptors (Lipinski definition) is 3. The van der Waals surface area contributed by atoms with Crippen molar-refractivity contribution in [3.05, 3.63) is 24.3 Å². The van der Waals surface area contributed by atoms with Crippen molar-refractivity contribution in [1.29, 1.82) is 5.41 Å². The Morgan fingerprint density at radius 3 is 2.84 bits per heavy atom. The monoisotopic (exact) mass is 264 g/mol. The molecule has 0 unspecified atom stereocenters. The molecule has 4 N–H and O–H groups in total. The number of amidine groups is 1. The Morgan fingerprint density at radius 1 is 1.53 bits per heavy atom. The second-order valence-corrected chi connectivity index (χ2v) is 4.11. The minimum atomic E-state index is -0.273. The van der Waals surface area contributed by atoms with E-state index in [0.29, 0.717) is 18.0 Å². The molecule has 0 aromatic heterocycles. The predicted octanol–water partition coefficient (Wildman–Crippen LogP) is 1.88. The number of ether oxygens (including phenoxy) is 1. The summed E-state index contributed by atoms with van der Waals surface area (Å²) in [4.78, 5) is 13.6. The Kier molecular flexibility index (Phi) is 5.66. The van der Waals surface area contributed by atoms with Crippen molar-refractivity contribution in [3.8, 4) is 5.75 Å². The van der Waals surface area contributed by atoms with Crippen LogP contribution in [-0.4, -0.2) is 37.0 Å². The standard InChI is InChI=1S/C13H20N4O2/c1-3-7-17(9-12(14)15)13(18)16-10-5-4-6-11(8-10)19-2/h4-6,8H,3,7,9H2,1-2H3,(H3,14,15)(H,16,18). The first kappa shape index (κ1) is 14.8. The zero-order valence-electron chi connectivity index (χ0n) is 11.3. The molecule has 0 bridgehead atoms. The van der Waals surface area contributed by atoms with Gasteiger partial charge in [0.15, 0.2) is 0 Å². The lowest BCUT2D eigenvalue weighted by atomic mass is 10.3. The molecule has 0 saturated heterocycles. The fraction of sp³-hybridized carbons (Fsp3) is 0.385. The Bertz CT molecular complexity index is 448. The summed E-state index contributed by atoms with van der Waals surface area (Å²) >= 11 is 0. The highest BCUT2D eigenvalue weighted by Crippen LogP contribution is 2.17. The molecule has 104 valence electrons. The third kappa shape index (κ3) is 4.87. The number of amides is 2. The molecule has 19 heavy (non-hydrogen) atoms. The fourth-order valence-corrected chi connectivity index (χ4v) is 1.63. The summed E-state index contributed by atoms with van der Waals surface area (Å²) in [7, 11) is 1.57. The number of carbonyl (C=O) groups is 1. The lowest BCUT2D eigenvalue weighted by molar-refractivity contribution is 0.218. The molecular weight excluding hydrogens is 244 g/mol. The van der Waals surface area contributed by atoms with Crippen LogP contribution in [0.2, 0.25) is 0 Å². The summed E-state index contributed by atoms with van der Waals surface area (Å²) in [5.74, 6) is 0.639. The van der Waals surface area contributed by atoms with Gasteiger partial charge in [-0.15, -0.1) is 0 Å². The normalized spacial score (nSPS) is 9.79. The molecule has 1 rings (SSSR count). The van der Waals surface area contributed by atoms with Crippen LogP contribution in [0.4, 0.5) is 10.5 Å². The van der Waals surface area contributed by atoms with E-state index in [0.717, 1.165) is 6.42 Å². The first-order valence-corrected chi connectivity index (χ1v) is 6.09. The van der Waals surface area contributed by atoms with Gasteiger partial charge in [-0.25, -0.2) is 4.79 Å². The van der Waals surface area contributed by atoms with Crippen molar-refractivity contribution in [2.75, 3.05) is 25.5 Å². The molecule has 0 heterocycles. The molecule has 0 saturated carbocycles. The topological polar surface area (TPSA) is 91.4 Å². The highest BCUT2D eigenvalue weighted by molar-refractivity contribution is 5.92. The van der Waals surface area contributed by atoms with Crippen molar-refractivity contribution in [3.63, 3.8) is 0 Å². The summed E-state index contributed by atoms with van der Waals surface area (Å²) in [6, 6.07) is 6.83. The number of anilines is 1. The van der Waals surface area contributed by atoms with Gasteiger partial charge in [0.2, 0.25) is 0 Å². The molecule has 0 aliphatic heterocycles. The summed E-state index contributed by atoms with van der Waals surface area (Å²) in [6.45, 7) is 2.64. The van der Waals surface area contributed by atoms with Crippen LogP contribution in [-0.2, 0) is 0 Å². The predicted molar refractivity (Wildman–Crippen MR) is 75.8 cm³/mol. The quantitative estimate of drug-likeness (QED) is 0.541. The Hall–Kier alpha value is -2.24. The molecule has 0 spiro atoms. The van der Waals surface area contributed by atoms with Crippen LogP contribution in [0, 0.1) is 5.41 Å². The van der Waals surface area contributed by atoms with Crippen LogP contribution in [0.3, 0.4) is 0 Å². The number of benzene rings is 1. The molecule has 1 aromatic carbocycles. The highest BCUT2D eigenvalue weighted by atomic mass is 16.5. The van der Waals surface area contributed by atoms with Crippen molar-refractivity contribution < 1.29 is 9.53 Å². The molecular formula is C13H20N4O2. The maximum Gasteiger partial charge on any atom is 0.322 e. The van der Waals surface area contributed by atoms with E-state index in [-0.39, 0.29) is 18.4 Å². The van der Waals surface area contributed by atoms with E-state index in [9.17, 15) is 4.79 Å². The fourth-order valence-electron chi connectivity index (χ4n) is 1.63. The van der Waals surface area contributed by atoms with Crippen LogP contribution in [0.1, 0.15) is 13.3 Å². The maximum atomic E-state index is 12.1. The number of urea groups is 1. The number of hydrogen-bond donors (Lipinski definition) is 3. The minimum Gasteiger partial charge on any atom is -0.497 e. The van der Waals surface area contributed by atoms with Crippen LogP contribution in [0.25, 0.3) is 0 Å². The van der Waals surface area contributed by atoms with Gasteiger partial charge in [-0.3, -0.25) is 5.41 Å². The molecule has 0 atom stereocenters. The van der Waals surface area contributed by atoms with Gasteiger partial charge < -0.3 is 20.7 Å². The van der Waals surface area contributed by atoms with E-state index < -0.39 is 0 Å². The maximum absolute atomic E-state index is 12.1. The zero-order chi connectivity index (χ0) is 14.3. The zero-order valence-corrected chi connectivity index (χ0v) is 11.3. The number of nitrogens with zero attached hydrogens (tertiary/aromatic N) is 1. The molecule has 1 aromatic rings. The Balaban J connectivity index is 2.71. The summed E-state index contributed by atoms with van der Waals surface area (Å²) in [6.07, 6.45) is 0.804. The van der Waals surface area contributed by atoms with E-state index >= 15 is 0 Å². The molecule has 6 heteroatoms. The number of rotatable bonds is 6. The van der Waals surface area contributed by atoms with Gasteiger partial charge in [-0.2, -0.15) is 0 Å². The minimum absolute atomic E-state index is 0.0331. The third-order valence-corrected chi connectivity index (χ3v) is 2.46. The van der Waals surface area contributed by atoms with E-state index in [1.807, 2.05) is 6.92 Å².